The fourth-order valence-corrected chi connectivity index (χ4v) is 2.64. The molecule has 0 spiro atoms. The number of nitrogens with one attached hydrogen (secondary N) is 1. The Hall–Kier alpha value is -2.75. The Kier molecular flexibility index (Phi) is 5.86. The third-order valence-corrected chi connectivity index (χ3v) is 4.13. The molecule has 25 heavy (non-hydrogen) atoms. The number of ether oxygens (including phenoxy) is 1. The molecule has 2 N–H and O–H groups in total. The normalized spacial score (nSPS) is 11.4. The number of aromatic nitrogens is 3. The number of aromatic amines is 1. The molecule has 0 bridgehead atoms. The molecule has 2 aromatic rings. The smallest absolute Gasteiger partial charge is 0.282 e. The lowest BCUT2D eigenvalue weighted by atomic mass is 10.0. The maximum atomic E-state index is 11.3. The molecule has 0 aliphatic rings. The fourth-order valence-electron chi connectivity index (χ4n) is 2.45. The zero-order chi connectivity index (χ0) is 18.6. The quantitative estimate of drug-likeness (QED) is 0.336. The highest BCUT2D eigenvalue weighted by Crippen LogP contribution is 2.32. The number of aromatic hydroxyl groups is 1. The van der Waals surface area contributed by atoms with Crippen molar-refractivity contribution in [2.45, 2.75) is 32.6 Å². The lowest BCUT2D eigenvalue weighted by Crippen LogP contribution is -2.05. The number of H-pyrrole nitrogens is 1. The molecule has 134 valence electrons. The second-order valence-electron chi connectivity index (χ2n) is 5.30. The maximum absolute atomic E-state index is 11.3. The topological polar surface area (TPSA) is 119 Å². The number of hydrogen-bond donors (Lipinski definition) is 2. The van der Waals surface area contributed by atoms with E-state index in [0.29, 0.717) is 10.6 Å². The van der Waals surface area contributed by atoms with Crippen LogP contribution in [-0.2, 0) is 0 Å². The molecule has 2 rings (SSSR count). The average molecular weight is 365 g/mol. The molecule has 1 heterocycles. The fraction of sp³-hybridized carbons (Fsp3) is 0.400. The van der Waals surface area contributed by atoms with Crippen molar-refractivity contribution in [1.29, 1.82) is 0 Å². The van der Waals surface area contributed by atoms with Gasteiger partial charge in [-0.3, -0.25) is 15.2 Å². The van der Waals surface area contributed by atoms with E-state index in [1.54, 1.807) is 0 Å². The molecule has 0 saturated heterocycles. The van der Waals surface area contributed by atoms with Gasteiger partial charge in [0.15, 0.2) is 17.3 Å². The molecule has 0 unspecified atom stereocenters. The van der Waals surface area contributed by atoms with Crippen LogP contribution in [0.25, 0.3) is 0 Å². The van der Waals surface area contributed by atoms with Crippen LogP contribution in [-0.4, -0.2) is 38.2 Å². The zero-order valence-electron chi connectivity index (χ0n) is 14.1. The summed E-state index contributed by atoms with van der Waals surface area (Å²) in [5, 5.41) is 32.3. The minimum absolute atomic E-state index is 0.0153. The summed E-state index contributed by atoms with van der Waals surface area (Å²) in [4.78, 5) is 10.7. The Morgan fingerprint density at radius 2 is 2.20 bits per heavy atom. The summed E-state index contributed by atoms with van der Waals surface area (Å²) in [6.45, 7) is 4.07. The molecule has 0 aliphatic heterocycles. The molecule has 0 radical (unpaired) electrons. The number of phenolic OH excluding ortho intramolecular Hbond substituents is 1. The van der Waals surface area contributed by atoms with E-state index in [4.69, 9.17) is 17.0 Å². The first kappa shape index (κ1) is 18.6. The van der Waals surface area contributed by atoms with Crippen molar-refractivity contribution in [3.05, 3.63) is 38.4 Å². The van der Waals surface area contributed by atoms with Crippen molar-refractivity contribution < 1.29 is 14.8 Å². The van der Waals surface area contributed by atoms with Crippen molar-refractivity contribution in [2.24, 2.45) is 5.10 Å². The Labute approximate surface area is 149 Å². The number of rotatable bonds is 7. The SMILES string of the molecule is CCC(CC)c1n[nH]c(=S)n1/N=C\c1cc(O)c(OC)cc1[N+](=O)[O-]. The third-order valence-electron chi connectivity index (χ3n) is 3.86. The average Bonchev–Trinajstić information content (AvgIpc) is 2.94. The lowest BCUT2D eigenvalue weighted by Gasteiger charge is -2.10. The van der Waals surface area contributed by atoms with E-state index in [0.717, 1.165) is 18.9 Å². The van der Waals surface area contributed by atoms with Gasteiger partial charge in [-0.15, -0.1) is 0 Å². The first-order valence-electron chi connectivity index (χ1n) is 7.69. The van der Waals surface area contributed by atoms with Crippen LogP contribution in [0.5, 0.6) is 11.5 Å². The van der Waals surface area contributed by atoms with Gasteiger partial charge in [-0.25, -0.2) is 0 Å². The third kappa shape index (κ3) is 3.85. The molecule has 9 nitrogen and oxygen atoms in total. The lowest BCUT2D eigenvalue weighted by molar-refractivity contribution is -0.385. The van der Waals surface area contributed by atoms with Gasteiger partial charge in [0.1, 0.15) is 0 Å². The molecular weight excluding hydrogens is 346 g/mol. The van der Waals surface area contributed by atoms with E-state index in [1.165, 1.54) is 24.1 Å². The summed E-state index contributed by atoms with van der Waals surface area (Å²) in [6, 6.07) is 2.37. The predicted octanol–water partition coefficient (Wildman–Crippen LogP) is 3.35. The molecule has 1 aromatic heterocycles. The standard InChI is InChI=1S/C15H19N5O4S/c1-4-9(5-2)14-17-18-15(25)19(14)16-8-10-6-12(21)13(24-3)7-11(10)20(22)23/h6-9,21H,4-5H2,1-3H3,(H,18,25)/b16-8-. The predicted molar refractivity (Wildman–Crippen MR) is 95.0 cm³/mol. The van der Waals surface area contributed by atoms with Crippen LogP contribution < -0.4 is 4.74 Å². The highest BCUT2D eigenvalue weighted by molar-refractivity contribution is 7.71. The van der Waals surface area contributed by atoms with E-state index < -0.39 is 4.92 Å². The Morgan fingerprint density at radius 3 is 2.76 bits per heavy atom. The van der Waals surface area contributed by atoms with Gasteiger partial charge in [0.25, 0.3) is 5.69 Å². The summed E-state index contributed by atoms with van der Waals surface area (Å²) >= 11 is 5.18. The molecule has 0 atom stereocenters. The monoisotopic (exact) mass is 365 g/mol. The van der Waals surface area contributed by atoms with Crippen LogP contribution >= 0.6 is 12.2 Å². The van der Waals surface area contributed by atoms with Gasteiger partial charge in [0.05, 0.1) is 29.9 Å². The summed E-state index contributed by atoms with van der Waals surface area (Å²) < 4.78 is 6.64. The first-order chi connectivity index (χ1) is 11.9. The van der Waals surface area contributed by atoms with E-state index in [-0.39, 0.29) is 28.7 Å². The molecule has 1 aromatic carbocycles. The highest BCUT2D eigenvalue weighted by Gasteiger charge is 2.19. The molecule has 0 amide bonds. The summed E-state index contributed by atoms with van der Waals surface area (Å²) in [5.74, 6) is 0.614. The minimum Gasteiger partial charge on any atom is -0.504 e. The highest BCUT2D eigenvalue weighted by atomic mass is 32.1. The van der Waals surface area contributed by atoms with Crippen LogP contribution in [0.4, 0.5) is 5.69 Å². The summed E-state index contributed by atoms with van der Waals surface area (Å²) in [7, 11) is 1.32. The van der Waals surface area contributed by atoms with Gasteiger partial charge in [-0.2, -0.15) is 14.9 Å². The number of nitro groups is 1. The molecule has 0 aliphatic carbocycles. The Bertz CT molecular complexity index is 854. The Morgan fingerprint density at radius 1 is 1.52 bits per heavy atom. The van der Waals surface area contributed by atoms with Crippen molar-refractivity contribution in [3.63, 3.8) is 0 Å². The van der Waals surface area contributed by atoms with Crippen LogP contribution in [0.1, 0.15) is 44.0 Å². The van der Waals surface area contributed by atoms with Gasteiger partial charge in [-0.1, -0.05) is 13.8 Å². The van der Waals surface area contributed by atoms with Crippen molar-refractivity contribution in [3.8, 4) is 11.5 Å². The van der Waals surface area contributed by atoms with E-state index >= 15 is 0 Å². The van der Waals surface area contributed by atoms with Crippen molar-refractivity contribution in [2.75, 3.05) is 7.11 Å². The number of benzene rings is 1. The van der Waals surface area contributed by atoms with Crippen LogP contribution in [0.2, 0.25) is 0 Å². The molecule has 0 fully saturated rings. The van der Waals surface area contributed by atoms with E-state index in [1.807, 2.05) is 13.8 Å². The molecule has 10 heteroatoms. The number of nitrogens with zero attached hydrogens (tertiary/aromatic N) is 4. The van der Waals surface area contributed by atoms with Crippen molar-refractivity contribution >= 4 is 24.1 Å². The Balaban J connectivity index is 2.50. The van der Waals surface area contributed by atoms with Crippen LogP contribution in [0.15, 0.2) is 17.2 Å². The van der Waals surface area contributed by atoms with Crippen LogP contribution in [0.3, 0.4) is 0 Å². The van der Waals surface area contributed by atoms with Gasteiger partial charge in [0.2, 0.25) is 4.77 Å². The van der Waals surface area contributed by atoms with Crippen LogP contribution in [0, 0.1) is 14.9 Å². The van der Waals surface area contributed by atoms with Gasteiger partial charge < -0.3 is 9.84 Å². The molecular formula is C15H19N5O4S. The second kappa shape index (κ2) is 7.88. The largest absolute Gasteiger partial charge is 0.504 e. The summed E-state index contributed by atoms with van der Waals surface area (Å²) in [6.07, 6.45) is 2.98. The number of methoxy groups -OCH3 is 1. The number of phenols is 1. The maximum Gasteiger partial charge on any atom is 0.282 e. The van der Waals surface area contributed by atoms with Gasteiger partial charge >= 0.3 is 0 Å². The number of hydrogen-bond acceptors (Lipinski definition) is 7. The van der Waals surface area contributed by atoms with E-state index in [9.17, 15) is 15.2 Å². The van der Waals surface area contributed by atoms with Gasteiger partial charge in [0, 0.05) is 5.92 Å². The zero-order valence-corrected chi connectivity index (χ0v) is 14.9. The summed E-state index contributed by atoms with van der Waals surface area (Å²) in [5.41, 5.74) is -0.112. The second-order valence-corrected chi connectivity index (χ2v) is 5.68. The van der Waals surface area contributed by atoms with Crippen molar-refractivity contribution in [1.82, 2.24) is 14.9 Å². The minimum atomic E-state index is -0.570. The number of nitro benzene ring substituents is 1. The first-order valence-corrected chi connectivity index (χ1v) is 8.10. The molecule has 0 saturated carbocycles. The van der Waals surface area contributed by atoms with Gasteiger partial charge in [-0.05, 0) is 31.1 Å². The van der Waals surface area contributed by atoms with E-state index in [2.05, 4.69) is 15.3 Å².